The summed E-state index contributed by atoms with van der Waals surface area (Å²) in [4.78, 5) is 23.0. The first kappa shape index (κ1) is 13.9. The Morgan fingerprint density at radius 3 is 3.05 bits per heavy atom. The predicted molar refractivity (Wildman–Crippen MR) is 90.7 cm³/mol. The van der Waals surface area contributed by atoms with Crippen molar-refractivity contribution in [3.63, 3.8) is 0 Å². The summed E-state index contributed by atoms with van der Waals surface area (Å²) < 4.78 is 2.49. The molecule has 22 heavy (non-hydrogen) atoms. The molecule has 0 fully saturated rings. The van der Waals surface area contributed by atoms with Gasteiger partial charge in [-0.1, -0.05) is 13.8 Å². The Hall–Kier alpha value is -1.75. The lowest BCUT2D eigenvalue weighted by Crippen LogP contribution is -2.20. The van der Waals surface area contributed by atoms with Gasteiger partial charge in [0.25, 0.3) is 5.56 Å². The molecule has 1 aliphatic carbocycles. The molecule has 0 bridgehead atoms. The number of nitrogens with zero attached hydrogens (tertiary/aromatic N) is 3. The lowest BCUT2D eigenvalue weighted by Gasteiger charge is -2.07. The van der Waals surface area contributed by atoms with Crippen LogP contribution < -0.4 is 5.56 Å². The molecule has 0 atom stereocenters. The van der Waals surface area contributed by atoms with Crippen LogP contribution in [0, 0.1) is 5.92 Å². The predicted octanol–water partition coefficient (Wildman–Crippen LogP) is 3.54. The van der Waals surface area contributed by atoms with Gasteiger partial charge in [0.2, 0.25) is 0 Å². The van der Waals surface area contributed by atoms with E-state index in [0.717, 1.165) is 46.2 Å². The fourth-order valence-corrected chi connectivity index (χ4v) is 4.19. The fraction of sp³-hybridized carbons (Fsp3) is 0.471. The van der Waals surface area contributed by atoms with Gasteiger partial charge in [-0.15, -0.1) is 11.3 Å². The van der Waals surface area contributed by atoms with Crippen molar-refractivity contribution in [1.82, 2.24) is 14.5 Å². The molecule has 0 saturated carbocycles. The Kier molecular flexibility index (Phi) is 3.26. The highest BCUT2D eigenvalue weighted by molar-refractivity contribution is 7.25. The average molecular weight is 313 g/mol. The summed E-state index contributed by atoms with van der Waals surface area (Å²) in [7, 11) is 0. The first-order chi connectivity index (χ1) is 10.6. The molecule has 3 heterocycles. The highest BCUT2D eigenvalue weighted by Gasteiger charge is 2.18. The molecule has 0 saturated heterocycles. The van der Waals surface area contributed by atoms with Crippen molar-refractivity contribution in [2.45, 2.75) is 46.1 Å². The van der Waals surface area contributed by atoms with Crippen molar-refractivity contribution < 1.29 is 0 Å². The number of fused-ring (bicyclic) bond motifs is 4. The Morgan fingerprint density at radius 2 is 2.23 bits per heavy atom. The van der Waals surface area contributed by atoms with Crippen LogP contribution in [0.3, 0.4) is 0 Å². The Bertz CT molecular complexity index is 923. The fourth-order valence-electron chi connectivity index (χ4n) is 3.11. The highest BCUT2D eigenvalue weighted by Crippen LogP contribution is 2.33. The van der Waals surface area contributed by atoms with Crippen LogP contribution in [-0.2, 0) is 19.4 Å². The number of thiophene rings is 1. The second-order valence-corrected chi connectivity index (χ2v) is 7.50. The maximum atomic E-state index is 12.7. The van der Waals surface area contributed by atoms with E-state index in [4.69, 9.17) is 4.98 Å². The summed E-state index contributed by atoms with van der Waals surface area (Å²) >= 11 is 1.50. The largest absolute Gasteiger partial charge is 0.298 e. The van der Waals surface area contributed by atoms with Crippen LogP contribution in [0.2, 0.25) is 0 Å². The number of rotatable bonds is 3. The minimum absolute atomic E-state index is 0.0776. The average Bonchev–Trinajstić information content (AvgIpc) is 3.08. The number of hydrogen-bond donors (Lipinski definition) is 0. The minimum atomic E-state index is 0.0776. The van der Waals surface area contributed by atoms with Gasteiger partial charge >= 0.3 is 0 Å². The van der Waals surface area contributed by atoms with Gasteiger partial charge in [0.05, 0.1) is 11.8 Å². The zero-order chi connectivity index (χ0) is 15.3. The van der Waals surface area contributed by atoms with Crippen molar-refractivity contribution in [2.24, 2.45) is 5.92 Å². The quantitative estimate of drug-likeness (QED) is 0.743. The van der Waals surface area contributed by atoms with Crippen LogP contribution in [-0.4, -0.2) is 14.5 Å². The molecule has 1 aliphatic rings. The number of aryl methyl sites for hydroxylation is 3. The van der Waals surface area contributed by atoms with Crippen molar-refractivity contribution in [2.75, 3.05) is 0 Å². The van der Waals surface area contributed by atoms with Gasteiger partial charge in [0.15, 0.2) is 0 Å². The van der Waals surface area contributed by atoms with Gasteiger partial charge in [-0.3, -0.25) is 9.36 Å². The maximum absolute atomic E-state index is 12.7. The van der Waals surface area contributed by atoms with E-state index < -0.39 is 0 Å². The van der Waals surface area contributed by atoms with Crippen LogP contribution in [0.1, 0.15) is 37.9 Å². The summed E-state index contributed by atoms with van der Waals surface area (Å²) in [5.74, 6) is 0.578. The van der Waals surface area contributed by atoms with E-state index in [1.54, 1.807) is 10.9 Å². The van der Waals surface area contributed by atoms with E-state index in [1.807, 2.05) is 0 Å². The number of aromatic nitrogens is 3. The second-order valence-electron chi connectivity index (χ2n) is 6.51. The van der Waals surface area contributed by atoms with E-state index in [1.165, 1.54) is 29.0 Å². The number of pyridine rings is 1. The second kappa shape index (κ2) is 5.16. The standard InChI is InChI=1S/C17H19N3OS/c1-10(2)6-7-20-9-18-14-12-8-11-4-3-5-13(11)19-16(12)22-15(14)17(20)21/h8-10H,3-7H2,1-2H3. The van der Waals surface area contributed by atoms with Crippen molar-refractivity contribution in [1.29, 1.82) is 0 Å². The van der Waals surface area contributed by atoms with Crippen LogP contribution in [0.5, 0.6) is 0 Å². The topological polar surface area (TPSA) is 47.8 Å². The molecule has 0 amide bonds. The molecule has 4 rings (SSSR count). The maximum Gasteiger partial charge on any atom is 0.271 e. The molecule has 3 aromatic heterocycles. The first-order valence-electron chi connectivity index (χ1n) is 7.94. The third kappa shape index (κ3) is 2.15. The molecule has 4 nitrogen and oxygen atoms in total. The van der Waals surface area contributed by atoms with Gasteiger partial charge in [-0.25, -0.2) is 9.97 Å². The van der Waals surface area contributed by atoms with Crippen molar-refractivity contribution in [3.8, 4) is 0 Å². The molecule has 0 aromatic carbocycles. The third-order valence-corrected chi connectivity index (χ3v) is 5.49. The summed E-state index contributed by atoms with van der Waals surface area (Å²) in [6.07, 6.45) is 6.04. The summed E-state index contributed by atoms with van der Waals surface area (Å²) in [6.45, 7) is 5.07. The molecule has 3 aromatic rings. The normalized spacial score (nSPS) is 14.3. The van der Waals surface area contributed by atoms with E-state index >= 15 is 0 Å². The van der Waals surface area contributed by atoms with Gasteiger partial charge in [-0.05, 0) is 43.2 Å². The third-order valence-electron chi connectivity index (χ3n) is 4.41. The summed E-state index contributed by atoms with van der Waals surface area (Å²) in [5, 5.41) is 1.05. The van der Waals surface area contributed by atoms with E-state index in [0.29, 0.717) is 5.92 Å². The van der Waals surface area contributed by atoms with Crippen LogP contribution in [0.25, 0.3) is 20.4 Å². The lowest BCUT2D eigenvalue weighted by atomic mass is 10.1. The highest BCUT2D eigenvalue weighted by atomic mass is 32.1. The van der Waals surface area contributed by atoms with Crippen molar-refractivity contribution in [3.05, 3.63) is 34.0 Å². The molecular formula is C17H19N3OS. The monoisotopic (exact) mass is 313 g/mol. The molecule has 0 aliphatic heterocycles. The van der Waals surface area contributed by atoms with E-state index in [2.05, 4.69) is 24.9 Å². The molecule has 0 spiro atoms. The molecule has 0 unspecified atom stereocenters. The summed E-state index contributed by atoms with van der Waals surface area (Å²) in [6, 6.07) is 2.20. The van der Waals surface area contributed by atoms with Crippen LogP contribution in [0.15, 0.2) is 17.2 Å². The van der Waals surface area contributed by atoms with Crippen LogP contribution in [0.4, 0.5) is 0 Å². The Balaban J connectivity index is 1.88. The van der Waals surface area contributed by atoms with Gasteiger partial charge in [0.1, 0.15) is 9.53 Å². The Morgan fingerprint density at radius 1 is 1.36 bits per heavy atom. The smallest absolute Gasteiger partial charge is 0.271 e. The van der Waals surface area contributed by atoms with E-state index in [9.17, 15) is 4.79 Å². The zero-order valence-electron chi connectivity index (χ0n) is 12.9. The SMILES string of the molecule is CC(C)CCn1cnc2c(sc3nc4c(cc32)CCC4)c1=O. The zero-order valence-corrected chi connectivity index (χ0v) is 13.7. The van der Waals surface area contributed by atoms with Gasteiger partial charge in [0, 0.05) is 17.6 Å². The molecule has 0 radical (unpaired) electrons. The summed E-state index contributed by atoms with van der Waals surface area (Å²) in [5.41, 5.74) is 3.44. The first-order valence-corrected chi connectivity index (χ1v) is 8.75. The van der Waals surface area contributed by atoms with Crippen molar-refractivity contribution >= 4 is 31.8 Å². The lowest BCUT2D eigenvalue weighted by molar-refractivity contribution is 0.506. The number of hydrogen-bond acceptors (Lipinski definition) is 4. The molecular weight excluding hydrogens is 294 g/mol. The minimum Gasteiger partial charge on any atom is -0.298 e. The Labute approximate surface area is 132 Å². The van der Waals surface area contributed by atoms with Gasteiger partial charge in [-0.2, -0.15) is 0 Å². The van der Waals surface area contributed by atoms with E-state index in [-0.39, 0.29) is 5.56 Å². The molecule has 5 heteroatoms. The van der Waals surface area contributed by atoms with Crippen LogP contribution >= 0.6 is 11.3 Å². The molecule has 114 valence electrons. The molecule has 0 N–H and O–H groups in total. The van der Waals surface area contributed by atoms with Gasteiger partial charge < -0.3 is 0 Å².